The molecule has 0 fully saturated rings. The minimum atomic E-state index is -0.161. The molecule has 3 aromatic rings. The van der Waals surface area contributed by atoms with Crippen molar-refractivity contribution in [3.8, 4) is 11.5 Å². The summed E-state index contributed by atoms with van der Waals surface area (Å²) < 4.78 is 19.5. The van der Waals surface area contributed by atoms with Gasteiger partial charge in [0.25, 0.3) is 5.91 Å². The molecule has 2 aromatic carbocycles. The van der Waals surface area contributed by atoms with Crippen molar-refractivity contribution in [1.82, 2.24) is 4.57 Å². The number of nitrogens with zero attached hydrogens (tertiary/aromatic N) is 2. The summed E-state index contributed by atoms with van der Waals surface area (Å²) in [6.07, 6.45) is 0.282. The van der Waals surface area contributed by atoms with Crippen molar-refractivity contribution in [1.29, 1.82) is 0 Å². The van der Waals surface area contributed by atoms with Crippen molar-refractivity contribution in [2.24, 2.45) is 4.99 Å². The Morgan fingerprint density at radius 1 is 1.03 bits per heavy atom. The Labute approximate surface area is 187 Å². The number of rotatable bonds is 8. The van der Waals surface area contributed by atoms with Crippen LogP contribution >= 0.6 is 11.3 Å². The van der Waals surface area contributed by atoms with Gasteiger partial charge in [0.15, 0.2) is 16.3 Å². The van der Waals surface area contributed by atoms with Crippen molar-refractivity contribution in [3.63, 3.8) is 0 Å². The van der Waals surface area contributed by atoms with Crippen LogP contribution in [0.4, 0.5) is 0 Å². The number of hydrogen-bond donors (Lipinski definition) is 0. The van der Waals surface area contributed by atoms with Crippen LogP contribution < -0.4 is 14.3 Å². The average molecular weight is 443 g/mol. The van der Waals surface area contributed by atoms with Crippen molar-refractivity contribution < 1.29 is 19.0 Å². The van der Waals surface area contributed by atoms with Crippen molar-refractivity contribution in [3.05, 3.63) is 51.3 Å². The third-order valence-electron chi connectivity index (χ3n) is 5.24. The first kappa shape index (κ1) is 23.0. The molecule has 166 valence electrons. The number of fused-ring (bicyclic) bond motifs is 1. The number of hydrogen-bond acceptors (Lipinski definition) is 5. The molecule has 0 saturated heterocycles. The summed E-state index contributed by atoms with van der Waals surface area (Å²) in [6.45, 7) is 9.89. The standard InChI is InChI=1S/C24H30N2O4S/c1-7-30-9-8-26-19-13-20(28-5)21(29-6)14-22(19)31-24(26)25-23(27)12-18-16(3)10-15(2)11-17(18)4/h10-11,13-14H,7-9,12H2,1-6H3. The van der Waals surface area contributed by atoms with Crippen LogP contribution in [-0.4, -0.2) is 37.9 Å². The van der Waals surface area contributed by atoms with Gasteiger partial charge in [-0.15, -0.1) is 0 Å². The second kappa shape index (κ2) is 10.1. The van der Waals surface area contributed by atoms with Gasteiger partial charge >= 0.3 is 0 Å². The van der Waals surface area contributed by atoms with Crippen molar-refractivity contribution in [2.75, 3.05) is 27.4 Å². The monoisotopic (exact) mass is 442 g/mol. The number of carbonyl (C=O) groups excluding carboxylic acids is 1. The van der Waals surface area contributed by atoms with E-state index in [0.717, 1.165) is 26.9 Å². The number of carbonyl (C=O) groups is 1. The van der Waals surface area contributed by atoms with Crippen LogP contribution in [0, 0.1) is 20.8 Å². The van der Waals surface area contributed by atoms with Crippen LogP contribution in [0.5, 0.6) is 11.5 Å². The summed E-state index contributed by atoms with van der Waals surface area (Å²) in [4.78, 5) is 18.1. The van der Waals surface area contributed by atoms with Gasteiger partial charge in [0.05, 0.1) is 37.5 Å². The highest BCUT2D eigenvalue weighted by molar-refractivity contribution is 7.16. The van der Waals surface area contributed by atoms with E-state index in [-0.39, 0.29) is 12.3 Å². The molecule has 0 unspecified atom stereocenters. The lowest BCUT2D eigenvalue weighted by atomic mass is 9.97. The molecular weight excluding hydrogens is 412 g/mol. The molecule has 31 heavy (non-hydrogen) atoms. The Morgan fingerprint density at radius 2 is 1.68 bits per heavy atom. The zero-order chi connectivity index (χ0) is 22.5. The largest absolute Gasteiger partial charge is 0.493 e. The lowest BCUT2D eigenvalue weighted by Gasteiger charge is -2.10. The summed E-state index contributed by atoms with van der Waals surface area (Å²) >= 11 is 1.46. The number of thiazole rings is 1. The van der Waals surface area contributed by atoms with E-state index in [2.05, 4.69) is 24.0 Å². The maximum atomic E-state index is 12.9. The van der Waals surface area contributed by atoms with Gasteiger partial charge in [-0.2, -0.15) is 4.99 Å². The van der Waals surface area contributed by atoms with Gasteiger partial charge < -0.3 is 18.8 Å². The predicted octanol–water partition coefficient (Wildman–Crippen LogP) is 4.35. The molecule has 0 aliphatic rings. The Balaban J connectivity index is 2.05. The number of aromatic nitrogens is 1. The lowest BCUT2D eigenvalue weighted by molar-refractivity contribution is -0.117. The summed E-state index contributed by atoms with van der Waals surface area (Å²) in [5.41, 5.74) is 5.43. The van der Waals surface area contributed by atoms with Gasteiger partial charge in [-0.1, -0.05) is 29.0 Å². The van der Waals surface area contributed by atoms with Crippen LogP contribution in [0.25, 0.3) is 10.2 Å². The molecule has 0 N–H and O–H groups in total. The van der Waals surface area contributed by atoms with Crippen molar-refractivity contribution >= 4 is 27.5 Å². The van der Waals surface area contributed by atoms with Gasteiger partial charge in [0.1, 0.15) is 0 Å². The van der Waals surface area contributed by atoms with Gasteiger partial charge in [-0.3, -0.25) is 4.79 Å². The molecule has 7 heteroatoms. The van der Waals surface area contributed by atoms with E-state index in [1.807, 2.05) is 37.5 Å². The van der Waals surface area contributed by atoms with Gasteiger partial charge in [0, 0.05) is 25.3 Å². The minimum absolute atomic E-state index is 0.161. The van der Waals surface area contributed by atoms with E-state index in [1.54, 1.807) is 14.2 Å². The zero-order valence-electron chi connectivity index (χ0n) is 19.1. The molecule has 1 amide bonds. The first-order chi connectivity index (χ1) is 14.9. The average Bonchev–Trinajstić information content (AvgIpc) is 3.05. The van der Waals surface area contributed by atoms with Crippen LogP contribution in [0.1, 0.15) is 29.2 Å². The molecule has 0 aliphatic carbocycles. The Bertz CT molecular complexity index is 1140. The third-order valence-corrected chi connectivity index (χ3v) is 6.28. The van der Waals surface area contributed by atoms with Crippen LogP contribution in [-0.2, 0) is 22.5 Å². The van der Waals surface area contributed by atoms with Crippen LogP contribution in [0.15, 0.2) is 29.3 Å². The second-order valence-corrected chi connectivity index (χ2v) is 8.48. The minimum Gasteiger partial charge on any atom is -0.493 e. The zero-order valence-corrected chi connectivity index (χ0v) is 19.9. The lowest BCUT2D eigenvalue weighted by Crippen LogP contribution is -2.20. The summed E-state index contributed by atoms with van der Waals surface area (Å²) in [5, 5.41) is 0. The van der Waals surface area contributed by atoms with Gasteiger partial charge in [-0.05, 0) is 44.4 Å². The molecule has 0 saturated carbocycles. The van der Waals surface area contributed by atoms with Crippen molar-refractivity contribution in [2.45, 2.75) is 40.7 Å². The molecule has 1 heterocycles. The molecule has 6 nitrogen and oxygen atoms in total. The molecule has 3 rings (SSSR count). The fraction of sp³-hybridized carbons (Fsp3) is 0.417. The van der Waals surface area contributed by atoms with E-state index < -0.39 is 0 Å². The number of benzene rings is 2. The highest BCUT2D eigenvalue weighted by Crippen LogP contribution is 2.33. The van der Waals surface area contributed by atoms with Gasteiger partial charge in [-0.25, -0.2) is 0 Å². The smallest absolute Gasteiger partial charge is 0.252 e. The molecule has 1 aromatic heterocycles. The maximum Gasteiger partial charge on any atom is 0.252 e. The number of ether oxygens (including phenoxy) is 3. The normalized spacial score (nSPS) is 11.9. The number of aryl methyl sites for hydroxylation is 3. The second-order valence-electron chi connectivity index (χ2n) is 7.47. The fourth-order valence-corrected chi connectivity index (χ4v) is 4.87. The molecule has 0 aliphatic heterocycles. The van der Waals surface area contributed by atoms with E-state index in [4.69, 9.17) is 14.2 Å². The first-order valence-electron chi connectivity index (χ1n) is 10.3. The molecular formula is C24H30N2O4S. The maximum absolute atomic E-state index is 12.9. The fourth-order valence-electron chi connectivity index (χ4n) is 3.78. The van der Waals surface area contributed by atoms with E-state index >= 15 is 0 Å². The van der Waals surface area contributed by atoms with E-state index in [0.29, 0.717) is 36.1 Å². The molecule has 0 radical (unpaired) electrons. The predicted molar refractivity (Wildman–Crippen MR) is 124 cm³/mol. The highest BCUT2D eigenvalue weighted by Gasteiger charge is 2.14. The number of methoxy groups -OCH3 is 2. The van der Waals surface area contributed by atoms with E-state index in [1.165, 1.54) is 16.9 Å². The Kier molecular flexibility index (Phi) is 7.51. The van der Waals surface area contributed by atoms with Gasteiger partial charge in [0.2, 0.25) is 0 Å². The Morgan fingerprint density at radius 3 is 2.29 bits per heavy atom. The Hall–Kier alpha value is -2.64. The summed E-state index contributed by atoms with van der Waals surface area (Å²) in [5.74, 6) is 1.13. The molecule has 0 bridgehead atoms. The molecule has 0 atom stereocenters. The van der Waals surface area contributed by atoms with Crippen LogP contribution in [0.2, 0.25) is 0 Å². The third kappa shape index (κ3) is 5.17. The van der Waals surface area contributed by atoms with E-state index in [9.17, 15) is 4.79 Å². The summed E-state index contributed by atoms with van der Waals surface area (Å²) in [6, 6.07) is 8.06. The SMILES string of the molecule is CCOCCn1c(=NC(=O)Cc2c(C)cc(C)cc2C)sc2cc(OC)c(OC)cc21. The highest BCUT2D eigenvalue weighted by atomic mass is 32.1. The quantitative estimate of drug-likeness (QED) is 0.487. The van der Waals surface area contributed by atoms with Crippen LogP contribution in [0.3, 0.4) is 0 Å². The topological polar surface area (TPSA) is 62.1 Å². The number of amides is 1. The molecule has 0 spiro atoms. The first-order valence-corrected chi connectivity index (χ1v) is 11.2. The summed E-state index contributed by atoms with van der Waals surface area (Å²) in [7, 11) is 3.23.